The van der Waals surface area contributed by atoms with Gasteiger partial charge in [-0.2, -0.15) is 0 Å². The number of hydrogen-bond donors (Lipinski definition) is 2. The normalized spacial score (nSPS) is 16.6. The van der Waals surface area contributed by atoms with E-state index in [1.165, 1.54) is 6.07 Å². The number of alkyl halides is 1. The van der Waals surface area contributed by atoms with Crippen LogP contribution in [0.25, 0.3) is 0 Å². The maximum absolute atomic E-state index is 11.1. The molecular weight excluding hydrogens is 298 g/mol. The van der Waals surface area contributed by atoms with E-state index in [9.17, 15) is 15.2 Å². The first-order chi connectivity index (χ1) is 10.1. The Bertz CT molecular complexity index is 494. The topological polar surface area (TPSA) is 87.9 Å². The highest BCUT2D eigenvalue weighted by atomic mass is 35.5. The zero-order valence-corrected chi connectivity index (χ0v) is 12.3. The number of morpholine rings is 1. The van der Waals surface area contributed by atoms with Crippen LogP contribution in [-0.4, -0.2) is 54.9 Å². The van der Waals surface area contributed by atoms with E-state index in [0.29, 0.717) is 18.9 Å². The van der Waals surface area contributed by atoms with E-state index in [1.54, 1.807) is 12.1 Å². The van der Waals surface area contributed by atoms with Crippen LogP contribution in [-0.2, 0) is 4.74 Å². The smallest absolute Gasteiger partial charge is 0.292 e. The SMILES string of the molecule is O=[N+]([O-])c1ccc(N2CCOCC2)cc1NCC(O)CCl. The Morgan fingerprint density at radius 3 is 2.81 bits per heavy atom. The number of benzene rings is 1. The summed E-state index contributed by atoms with van der Waals surface area (Å²) in [5.74, 6) is 0.0734. The molecule has 2 rings (SSSR count). The van der Waals surface area contributed by atoms with Crippen molar-refractivity contribution in [2.75, 3.05) is 48.9 Å². The second-order valence-corrected chi connectivity index (χ2v) is 5.06. The molecule has 0 amide bonds. The molecule has 0 spiro atoms. The third kappa shape index (κ3) is 4.20. The van der Waals surface area contributed by atoms with Crippen LogP contribution in [0, 0.1) is 10.1 Å². The van der Waals surface area contributed by atoms with Gasteiger partial charge in [-0.3, -0.25) is 10.1 Å². The number of rotatable bonds is 6. The zero-order chi connectivity index (χ0) is 15.2. The van der Waals surface area contributed by atoms with Crippen LogP contribution in [0.1, 0.15) is 0 Å². The number of aliphatic hydroxyl groups is 1. The molecule has 2 N–H and O–H groups in total. The van der Waals surface area contributed by atoms with Crippen molar-refractivity contribution in [1.82, 2.24) is 0 Å². The number of nitro benzene ring substituents is 1. The summed E-state index contributed by atoms with van der Waals surface area (Å²) in [4.78, 5) is 12.7. The lowest BCUT2D eigenvalue weighted by atomic mass is 10.2. The Morgan fingerprint density at radius 1 is 1.48 bits per heavy atom. The highest BCUT2D eigenvalue weighted by Crippen LogP contribution is 2.30. The van der Waals surface area contributed by atoms with Crippen LogP contribution >= 0.6 is 11.6 Å². The summed E-state index contributed by atoms with van der Waals surface area (Å²) in [7, 11) is 0. The number of nitrogens with zero attached hydrogens (tertiary/aromatic N) is 2. The summed E-state index contributed by atoms with van der Waals surface area (Å²) in [6.07, 6.45) is -0.752. The predicted molar refractivity (Wildman–Crippen MR) is 81.3 cm³/mol. The maximum Gasteiger partial charge on any atom is 0.292 e. The summed E-state index contributed by atoms with van der Waals surface area (Å²) >= 11 is 5.53. The highest BCUT2D eigenvalue weighted by molar-refractivity contribution is 6.18. The van der Waals surface area contributed by atoms with Crippen LogP contribution in [0.3, 0.4) is 0 Å². The second-order valence-electron chi connectivity index (χ2n) is 4.75. The molecule has 0 aromatic heterocycles. The molecule has 1 heterocycles. The second kappa shape index (κ2) is 7.44. The van der Waals surface area contributed by atoms with Crippen LogP contribution in [0.5, 0.6) is 0 Å². The van der Waals surface area contributed by atoms with Crippen molar-refractivity contribution >= 4 is 28.7 Å². The van der Waals surface area contributed by atoms with E-state index < -0.39 is 11.0 Å². The molecule has 1 aliphatic heterocycles. The lowest BCUT2D eigenvalue weighted by Gasteiger charge is -2.29. The van der Waals surface area contributed by atoms with Gasteiger partial charge in [0.05, 0.1) is 30.1 Å². The van der Waals surface area contributed by atoms with Crippen molar-refractivity contribution in [2.24, 2.45) is 0 Å². The molecule has 1 saturated heterocycles. The average molecular weight is 316 g/mol. The molecule has 0 saturated carbocycles. The lowest BCUT2D eigenvalue weighted by Crippen LogP contribution is -2.36. The summed E-state index contributed by atoms with van der Waals surface area (Å²) in [6.45, 7) is 2.95. The van der Waals surface area contributed by atoms with Gasteiger partial charge in [-0.25, -0.2) is 0 Å². The highest BCUT2D eigenvalue weighted by Gasteiger charge is 2.18. The van der Waals surface area contributed by atoms with Gasteiger partial charge in [0.1, 0.15) is 5.69 Å². The molecular formula is C13H18ClN3O4. The van der Waals surface area contributed by atoms with E-state index in [0.717, 1.165) is 18.8 Å². The fraction of sp³-hybridized carbons (Fsp3) is 0.538. The van der Waals surface area contributed by atoms with Crippen molar-refractivity contribution in [3.63, 3.8) is 0 Å². The van der Waals surface area contributed by atoms with Crippen LogP contribution in [0.15, 0.2) is 18.2 Å². The number of halogens is 1. The number of nitrogens with one attached hydrogen (secondary N) is 1. The minimum Gasteiger partial charge on any atom is -0.390 e. The van der Waals surface area contributed by atoms with E-state index >= 15 is 0 Å². The molecule has 0 bridgehead atoms. The first-order valence-corrected chi connectivity index (χ1v) is 7.24. The van der Waals surface area contributed by atoms with Crippen LogP contribution in [0.4, 0.5) is 17.1 Å². The number of nitro groups is 1. The molecule has 0 radical (unpaired) electrons. The zero-order valence-electron chi connectivity index (χ0n) is 11.5. The lowest BCUT2D eigenvalue weighted by molar-refractivity contribution is -0.383. The van der Waals surface area contributed by atoms with E-state index in [1.807, 2.05) is 0 Å². The molecule has 116 valence electrons. The molecule has 1 aromatic carbocycles. The Morgan fingerprint density at radius 2 is 2.19 bits per heavy atom. The van der Waals surface area contributed by atoms with Crippen LogP contribution in [0.2, 0.25) is 0 Å². The van der Waals surface area contributed by atoms with Gasteiger partial charge < -0.3 is 20.1 Å². The molecule has 1 fully saturated rings. The van der Waals surface area contributed by atoms with Crippen molar-refractivity contribution in [1.29, 1.82) is 0 Å². The molecule has 7 nitrogen and oxygen atoms in total. The van der Waals surface area contributed by atoms with Crippen molar-refractivity contribution < 1.29 is 14.8 Å². The minimum atomic E-state index is -0.752. The summed E-state index contributed by atoms with van der Waals surface area (Å²) < 4.78 is 5.29. The quantitative estimate of drug-likeness (QED) is 0.469. The molecule has 1 atom stereocenters. The van der Waals surface area contributed by atoms with Gasteiger partial charge >= 0.3 is 0 Å². The van der Waals surface area contributed by atoms with Gasteiger partial charge in [0, 0.05) is 31.4 Å². The van der Waals surface area contributed by atoms with E-state index in [4.69, 9.17) is 16.3 Å². The third-order valence-electron chi connectivity index (χ3n) is 3.26. The Balaban J connectivity index is 2.18. The summed E-state index contributed by atoms with van der Waals surface area (Å²) in [5, 5.41) is 23.4. The van der Waals surface area contributed by atoms with Gasteiger partial charge in [-0.15, -0.1) is 11.6 Å². The van der Waals surface area contributed by atoms with Crippen molar-refractivity contribution in [3.05, 3.63) is 28.3 Å². The Hall–Kier alpha value is -1.57. The Labute approximate surface area is 127 Å². The third-order valence-corrected chi connectivity index (χ3v) is 3.62. The molecule has 0 aliphatic carbocycles. The van der Waals surface area contributed by atoms with Crippen molar-refractivity contribution in [3.8, 4) is 0 Å². The monoisotopic (exact) mass is 315 g/mol. The summed E-state index contributed by atoms with van der Waals surface area (Å²) in [5.41, 5.74) is 1.26. The van der Waals surface area contributed by atoms with Gasteiger partial charge in [-0.05, 0) is 12.1 Å². The molecule has 1 unspecified atom stereocenters. The first-order valence-electron chi connectivity index (χ1n) is 6.71. The van der Waals surface area contributed by atoms with Crippen molar-refractivity contribution in [2.45, 2.75) is 6.10 Å². The molecule has 1 aromatic rings. The van der Waals surface area contributed by atoms with Gasteiger partial charge in [0.25, 0.3) is 5.69 Å². The summed E-state index contributed by atoms with van der Waals surface area (Å²) in [6, 6.07) is 4.93. The van der Waals surface area contributed by atoms with Gasteiger partial charge in [-0.1, -0.05) is 0 Å². The number of anilines is 2. The fourth-order valence-electron chi connectivity index (χ4n) is 2.13. The minimum absolute atomic E-state index is 0.0196. The largest absolute Gasteiger partial charge is 0.390 e. The molecule has 8 heteroatoms. The van der Waals surface area contributed by atoms with Gasteiger partial charge in [0.2, 0.25) is 0 Å². The number of hydrogen-bond acceptors (Lipinski definition) is 6. The Kier molecular flexibility index (Phi) is 5.60. The number of ether oxygens (including phenoxy) is 1. The average Bonchev–Trinajstić information content (AvgIpc) is 2.53. The fourth-order valence-corrected chi connectivity index (χ4v) is 2.23. The van der Waals surface area contributed by atoms with E-state index in [2.05, 4.69) is 10.2 Å². The first kappa shape index (κ1) is 15.8. The van der Waals surface area contributed by atoms with Gasteiger partial charge in [0.15, 0.2) is 0 Å². The van der Waals surface area contributed by atoms with Crippen LogP contribution < -0.4 is 10.2 Å². The maximum atomic E-state index is 11.1. The van der Waals surface area contributed by atoms with E-state index in [-0.39, 0.29) is 18.1 Å². The standard InChI is InChI=1S/C13H18ClN3O4/c14-8-11(18)9-15-12-7-10(1-2-13(12)17(19)20)16-3-5-21-6-4-16/h1-2,7,11,15,18H,3-6,8-9H2. The number of aliphatic hydroxyl groups excluding tert-OH is 1. The molecule has 1 aliphatic rings. The predicted octanol–water partition coefficient (Wildman–Crippen LogP) is 1.44. The molecule has 21 heavy (non-hydrogen) atoms.